The van der Waals surface area contributed by atoms with Gasteiger partial charge in [-0.15, -0.1) is 11.3 Å². The highest BCUT2D eigenvalue weighted by Crippen LogP contribution is 2.28. The van der Waals surface area contributed by atoms with Crippen LogP contribution in [0.2, 0.25) is 0 Å². The maximum Gasteiger partial charge on any atom is 0.177 e. The predicted octanol–water partition coefficient (Wildman–Crippen LogP) is 3.46. The third kappa shape index (κ3) is 2.84. The fraction of sp³-hybridized carbons (Fsp3) is 0.333. The number of halogens is 1. The van der Waals surface area contributed by atoms with E-state index in [0.717, 1.165) is 26.3 Å². The average Bonchev–Trinajstić information content (AvgIpc) is 2.87. The van der Waals surface area contributed by atoms with E-state index in [0.29, 0.717) is 6.42 Å². The number of rotatable bonds is 4. The Balaban J connectivity index is 2.11. The lowest BCUT2D eigenvalue weighted by Gasteiger charge is -1.94. The van der Waals surface area contributed by atoms with Crippen LogP contribution in [-0.2, 0) is 13.0 Å². The van der Waals surface area contributed by atoms with Gasteiger partial charge in [0, 0.05) is 19.2 Å². The van der Waals surface area contributed by atoms with E-state index in [-0.39, 0.29) is 5.78 Å². The van der Waals surface area contributed by atoms with Gasteiger partial charge in [0.1, 0.15) is 0 Å². The summed E-state index contributed by atoms with van der Waals surface area (Å²) in [4.78, 5) is 12.8. The van der Waals surface area contributed by atoms with E-state index in [1.165, 1.54) is 11.3 Å². The number of hydrogen-bond acceptors (Lipinski definition) is 3. The molecule has 0 N–H and O–H groups in total. The molecule has 3 nitrogen and oxygen atoms in total. The normalized spacial score (nSPS) is 10.8. The molecular formula is C12H13BrN2OS. The molecule has 2 aromatic heterocycles. The number of carbonyl (C=O) groups excluding carboxylic acids is 1. The zero-order chi connectivity index (χ0) is 12.4. The van der Waals surface area contributed by atoms with Gasteiger partial charge in [-0.05, 0) is 47.0 Å². The lowest BCUT2D eigenvalue weighted by atomic mass is 10.1. The second-order valence-electron chi connectivity index (χ2n) is 3.87. The van der Waals surface area contributed by atoms with E-state index in [4.69, 9.17) is 0 Å². The molecule has 2 heterocycles. The van der Waals surface area contributed by atoms with Crippen molar-refractivity contribution in [3.8, 4) is 0 Å². The maximum atomic E-state index is 12.0. The van der Waals surface area contributed by atoms with Crippen LogP contribution in [0.3, 0.4) is 0 Å². The highest BCUT2D eigenvalue weighted by atomic mass is 79.9. The van der Waals surface area contributed by atoms with Crippen molar-refractivity contribution in [2.45, 2.75) is 26.8 Å². The summed E-state index contributed by atoms with van der Waals surface area (Å²) in [6.45, 7) is 4.85. The molecule has 0 saturated heterocycles. The molecule has 17 heavy (non-hydrogen) atoms. The van der Waals surface area contributed by atoms with Gasteiger partial charge in [0.05, 0.1) is 14.9 Å². The van der Waals surface area contributed by atoms with Crippen LogP contribution in [0.1, 0.15) is 27.7 Å². The standard InChI is InChI=1S/C12H13BrN2OS/c1-3-15-7-9(6-14-15)5-10(16)11-4-8(2)12(13)17-11/h4,6-7H,3,5H2,1-2H3. The maximum absolute atomic E-state index is 12.0. The SMILES string of the molecule is CCn1cc(CC(=O)c2cc(C)c(Br)s2)cn1. The second-order valence-corrected chi connectivity index (χ2v) is 6.24. The van der Waals surface area contributed by atoms with Crippen LogP contribution in [0.5, 0.6) is 0 Å². The lowest BCUT2D eigenvalue weighted by molar-refractivity contribution is 0.0997. The van der Waals surface area contributed by atoms with E-state index in [1.54, 1.807) is 6.20 Å². The van der Waals surface area contributed by atoms with E-state index in [2.05, 4.69) is 21.0 Å². The first-order chi connectivity index (χ1) is 8.10. The van der Waals surface area contributed by atoms with Crippen LogP contribution in [-0.4, -0.2) is 15.6 Å². The first-order valence-corrected chi connectivity index (χ1v) is 7.01. The molecule has 0 saturated carbocycles. The number of aryl methyl sites for hydroxylation is 2. The molecule has 0 atom stereocenters. The van der Waals surface area contributed by atoms with Gasteiger partial charge in [-0.25, -0.2) is 0 Å². The fourth-order valence-electron chi connectivity index (χ4n) is 1.54. The minimum Gasteiger partial charge on any atom is -0.293 e. The molecule has 0 fully saturated rings. The highest BCUT2D eigenvalue weighted by molar-refractivity contribution is 9.11. The first-order valence-electron chi connectivity index (χ1n) is 5.40. The van der Waals surface area contributed by atoms with Gasteiger partial charge in [-0.2, -0.15) is 5.10 Å². The molecule has 0 aromatic carbocycles. The summed E-state index contributed by atoms with van der Waals surface area (Å²) in [6.07, 6.45) is 4.11. The quantitative estimate of drug-likeness (QED) is 0.810. The second kappa shape index (κ2) is 5.14. The van der Waals surface area contributed by atoms with Crippen LogP contribution in [0.15, 0.2) is 22.2 Å². The van der Waals surface area contributed by atoms with Gasteiger partial charge in [0.25, 0.3) is 0 Å². The molecule has 0 bridgehead atoms. The summed E-state index contributed by atoms with van der Waals surface area (Å²) in [5.74, 6) is 0.152. The molecule has 0 radical (unpaired) electrons. The topological polar surface area (TPSA) is 34.9 Å². The summed E-state index contributed by atoms with van der Waals surface area (Å²) in [7, 11) is 0. The Morgan fingerprint density at radius 1 is 1.59 bits per heavy atom. The molecule has 0 aliphatic rings. The number of aromatic nitrogens is 2. The lowest BCUT2D eigenvalue weighted by Crippen LogP contribution is -2.00. The van der Waals surface area contributed by atoms with E-state index in [9.17, 15) is 4.79 Å². The molecular weight excluding hydrogens is 300 g/mol. The van der Waals surface area contributed by atoms with Gasteiger partial charge < -0.3 is 0 Å². The van der Waals surface area contributed by atoms with Crippen molar-refractivity contribution in [3.05, 3.63) is 38.3 Å². The Hall–Kier alpha value is -0.940. The van der Waals surface area contributed by atoms with Crippen molar-refractivity contribution < 1.29 is 4.79 Å². The number of hydrogen-bond donors (Lipinski definition) is 0. The average molecular weight is 313 g/mol. The number of carbonyl (C=O) groups is 1. The summed E-state index contributed by atoms with van der Waals surface area (Å²) in [5.41, 5.74) is 2.08. The van der Waals surface area contributed by atoms with E-state index < -0.39 is 0 Å². The minimum absolute atomic E-state index is 0.152. The largest absolute Gasteiger partial charge is 0.293 e. The van der Waals surface area contributed by atoms with E-state index in [1.807, 2.05) is 30.8 Å². The molecule has 0 unspecified atom stereocenters. The molecule has 90 valence electrons. The van der Waals surface area contributed by atoms with Crippen LogP contribution in [0.4, 0.5) is 0 Å². The number of thiophene rings is 1. The Labute approximate surface area is 113 Å². The van der Waals surface area contributed by atoms with Gasteiger partial charge in [0.2, 0.25) is 0 Å². The minimum atomic E-state index is 0.152. The third-order valence-electron chi connectivity index (χ3n) is 2.51. The van der Waals surface area contributed by atoms with Gasteiger partial charge in [0.15, 0.2) is 5.78 Å². The molecule has 5 heteroatoms. The monoisotopic (exact) mass is 312 g/mol. The fourth-order valence-corrected chi connectivity index (χ4v) is 3.01. The van der Waals surface area contributed by atoms with Crippen molar-refractivity contribution in [1.29, 1.82) is 0 Å². The molecule has 0 aliphatic carbocycles. The third-order valence-corrected chi connectivity index (χ3v) is 4.69. The molecule has 0 aliphatic heterocycles. The Morgan fingerprint density at radius 3 is 2.88 bits per heavy atom. The van der Waals surface area contributed by atoms with Crippen molar-refractivity contribution in [2.75, 3.05) is 0 Å². The van der Waals surface area contributed by atoms with Crippen molar-refractivity contribution in [2.24, 2.45) is 0 Å². The van der Waals surface area contributed by atoms with E-state index >= 15 is 0 Å². The number of Topliss-reactive ketones (excluding diaryl/α,β-unsaturated/α-hetero) is 1. The van der Waals surface area contributed by atoms with Gasteiger partial charge in [-0.3, -0.25) is 9.48 Å². The predicted molar refractivity (Wildman–Crippen MR) is 72.7 cm³/mol. The van der Waals surface area contributed by atoms with Gasteiger partial charge >= 0.3 is 0 Å². The van der Waals surface area contributed by atoms with Crippen molar-refractivity contribution >= 4 is 33.0 Å². The van der Waals surface area contributed by atoms with Crippen LogP contribution >= 0.6 is 27.3 Å². The molecule has 0 spiro atoms. The molecule has 2 rings (SSSR count). The number of ketones is 1. The molecule has 0 amide bonds. The Kier molecular flexibility index (Phi) is 3.79. The van der Waals surface area contributed by atoms with Gasteiger partial charge in [-0.1, -0.05) is 0 Å². The van der Waals surface area contributed by atoms with Crippen molar-refractivity contribution in [3.63, 3.8) is 0 Å². The Morgan fingerprint density at radius 2 is 2.35 bits per heavy atom. The van der Waals surface area contributed by atoms with Crippen LogP contribution in [0.25, 0.3) is 0 Å². The summed E-state index contributed by atoms with van der Waals surface area (Å²) in [6, 6.07) is 1.93. The Bertz CT molecular complexity index is 525. The first kappa shape index (κ1) is 12.5. The summed E-state index contributed by atoms with van der Waals surface area (Å²) in [5, 5.41) is 4.16. The summed E-state index contributed by atoms with van der Waals surface area (Å²) < 4.78 is 2.86. The smallest absolute Gasteiger partial charge is 0.177 e. The van der Waals surface area contributed by atoms with Crippen molar-refractivity contribution in [1.82, 2.24) is 9.78 Å². The van der Waals surface area contributed by atoms with Crippen LogP contribution in [0, 0.1) is 6.92 Å². The zero-order valence-corrected chi connectivity index (χ0v) is 12.1. The molecule has 2 aromatic rings. The highest BCUT2D eigenvalue weighted by Gasteiger charge is 2.12. The number of nitrogens with zero attached hydrogens (tertiary/aromatic N) is 2. The van der Waals surface area contributed by atoms with Crippen LogP contribution < -0.4 is 0 Å². The zero-order valence-electron chi connectivity index (χ0n) is 9.74. The summed E-state index contributed by atoms with van der Waals surface area (Å²) >= 11 is 4.93.